The maximum Gasteiger partial charge on any atom is 0.320 e. The number of nitrogens with one attached hydrogen (secondary N) is 1. The van der Waals surface area contributed by atoms with Crippen molar-refractivity contribution in [3.8, 4) is 11.5 Å². The van der Waals surface area contributed by atoms with Gasteiger partial charge in [0, 0.05) is 13.1 Å². The lowest BCUT2D eigenvalue weighted by Crippen LogP contribution is -2.45. The normalized spacial score (nSPS) is 19.5. The molecule has 1 aliphatic rings. The van der Waals surface area contributed by atoms with E-state index < -0.39 is 9.84 Å². The smallest absolute Gasteiger partial charge is 0.320 e. The third-order valence-electron chi connectivity index (χ3n) is 3.60. The third-order valence-corrected chi connectivity index (χ3v) is 5.35. The van der Waals surface area contributed by atoms with Gasteiger partial charge in [0.05, 0.1) is 18.6 Å². The van der Waals surface area contributed by atoms with E-state index in [9.17, 15) is 13.2 Å². The van der Waals surface area contributed by atoms with Gasteiger partial charge in [-0.05, 0) is 18.6 Å². The van der Waals surface area contributed by atoms with Crippen LogP contribution in [0, 0.1) is 0 Å². The summed E-state index contributed by atoms with van der Waals surface area (Å²) in [7, 11) is 0.108. The van der Waals surface area contributed by atoms with Gasteiger partial charge in [0.25, 0.3) is 0 Å². The third kappa shape index (κ3) is 4.03. The van der Waals surface area contributed by atoms with Crippen molar-refractivity contribution in [3.63, 3.8) is 0 Å². The van der Waals surface area contributed by atoms with Crippen LogP contribution >= 0.6 is 0 Å². The molecule has 1 fully saturated rings. The number of nitrogens with zero attached hydrogens (tertiary/aromatic N) is 1. The predicted molar refractivity (Wildman–Crippen MR) is 81.8 cm³/mol. The van der Waals surface area contributed by atoms with Crippen LogP contribution in [0.5, 0.6) is 11.5 Å². The van der Waals surface area contributed by atoms with Crippen LogP contribution in [0.1, 0.15) is 6.42 Å². The van der Waals surface area contributed by atoms with E-state index in [1.54, 1.807) is 25.2 Å². The number of carbonyl (C=O) groups excluding carboxylic acids is 1. The maximum atomic E-state index is 12.0. The second-order valence-electron chi connectivity index (χ2n) is 5.09. The van der Waals surface area contributed by atoms with E-state index in [4.69, 9.17) is 9.47 Å². The lowest BCUT2D eigenvalue weighted by atomic mass is 10.2. The summed E-state index contributed by atoms with van der Waals surface area (Å²) in [6.07, 6.45) is 0.472. The molecule has 1 saturated heterocycles. The minimum Gasteiger partial charge on any atom is -0.493 e. The number of hydrogen-bond donors (Lipinski definition) is 1. The molecule has 0 spiro atoms. The first kappa shape index (κ1) is 16.4. The van der Waals surface area contributed by atoms with Crippen LogP contribution in [0.4, 0.5) is 4.79 Å². The highest BCUT2D eigenvalue weighted by molar-refractivity contribution is 7.91. The van der Waals surface area contributed by atoms with Crippen molar-refractivity contribution in [2.24, 2.45) is 0 Å². The first-order valence-corrected chi connectivity index (χ1v) is 8.72. The largest absolute Gasteiger partial charge is 0.493 e. The van der Waals surface area contributed by atoms with Gasteiger partial charge in [0.15, 0.2) is 28.1 Å². The average Bonchev–Trinajstić information content (AvgIpc) is 2.87. The number of sulfone groups is 1. The van der Waals surface area contributed by atoms with Crippen LogP contribution in [-0.2, 0) is 9.84 Å². The zero-order chi connectivity index (χ0) is 16.2. The molecule has 0 radical (unpaired) electrons. The van der Waals surface area contributed by atoms with Gasteiger partial charge in [-0.1, -0.05) is 12.1 Å². The van der Waals surface area contributed by atoms with E-state index >= 15 is 0 Å². The molecule has 0 bridgehead atoms. The molecule has 1 aliphatic heterocycles. The Labute approximate surface area is 130 Å². The highest BCUT2D eigenvalue weighted by Gasteiger charge is 2.32. The van der Waals surface area contributed by atoms with Crippen molar-refractivity contribution in [2.45, 2.75) is 12.5 Å². The second-order valence-corrected chi connectivity index (χ2v) is 7.32. The molecule has 1 heterocycles. The second kappa shape index (κ2) is 6.87. The van der Waals surface area contributed by atoms with Crippen molar-refractivity contribution in [1.29, 1.82) is 0 Å². The molecule has 0 aliphatic carbocycles. The van der Waals surface area contributed by atoms with Gasteiger partial charge < -0.3 is 19.7 Å². The summed E-state index contributed by atoms with van der Waals surface area (Å²) >= 11 is 0. The number of para-hydroxylation sites is 2. The number of hydrogen-bond acceptors (Lipinski definition) is 5. The Morgan fingerprint density at radius 2 is 2.05 bits per heavy atom. The highest BCUT2D eigenvalue weighted by atomic mass is 32.2. The maximum absolute atomic E-state index is 12.0. The fraction of sp³-hybridized carbons (Fsp3) is 0.500. The monoisotopic (exact) mass is 328 g/mol. The molecule has 2 rings (SSSR count). The Bertz CT molecular complexity index is 632. The number of carbonyl (C=O) groups is 1. The number of urea groups is 1. The number of benzene rings is 1. The van der Waals surface area contributed by atoms with Gasteiger partial charge in [-0.3, -0.25) is 0 Å². The summed E-state index contributed by atoms with van der Waals surface area (Å²) in [6, 6.07) is 6.46. The zero-order valence-electron chi connectivity index (χ0n) is 12.6. The average molecular weight is 328 g/mol. The number of methoxy groups -OCH3 is 1. The first-order valence-electron chi connectivity index (χ1n) is 6.90. The SMILES string of the molecule is COc1ccccc1OCNC(=O)N(C)C1CCS(=O)(=O)C1. The number of amides is 2. The molecule has 8 heteroatoms. The summed E-state index contributed by atoms with van der Waals surface area (Å²) in [5, 5.41) is 2.60. The summed E-state index contributed by atoms with van der Waals surface area (Å²) in [5.41, 5.74) is 0. The van der Waals surface area contributed by atoms with Crippen LogP contribution in [0.15, 0.2) is 24.3 Å². The van der Waals surface area contributed by atoms with Gasteiger partial charge in [-0.25, -0.2) is 13.2 Å². The van der Waals surface area contributed by atoms with Crippen LogP contribution in [0.3, 0.4) is 0 Å². The van der Waals surface area contributed by atoms with Crippen LogP contribution in [-0.4, -0.2) is 57.8 Å². The van der Waals surface area contributed by atoms with Crippen LogP contribution in [0.25, 0.3) is 0 Å². The summed E-state index contributed by atoms with van der Waals surface area (Å²) in [6.45, 7) is -0.0248. The van der Waals surface area contributed by atoms with Gasteiger partial charge >= 0.3 is 6.03 Å². The quantitative estimate of drug-likeness (QED) is 0.810. The van der Waals surface area contributed by atoms with Crippen molar-refractivity contribution in [2.75, 3.05) is 32.4 Å². The molecule has 0 aromatic heterocycles. The molecule has 0 saturated carbocycles. The summed E-state index contributed by atoms with van der Waals surface area (Å²) in [4.78, 5) is 13.4. The molecule has 1 N–H and O–H groups in total. The van der Waals surface area contributed by atoms with Gasteiger partial charge in [-0.2, -0.15) is 0 Å². The van der Waals surface area contributed by atoms with Gasteiger partial charge in [0.1, 0.15) is 0 Å². The van der Waals surface area contributed by atoms with Crippen LogP contribution in [0.2, 0.25) is 0 Å². The van der Waals surface area contributed by atoms with Gasteiger partial charge in [-0.15, -0.1) is 0 Å². The lowest BCUT2D eigenvalue weighted by molar-refractivity contribution is 0.181. The van der Waals surface area contributed by atoms with Crippen molar-refractivity contribution < 1.29 is 22.7 Å². The van der Waals surface area contributed by atoms with E-state index in [1.165, 1.54) is 12.0 Å². The Hall–Kier alpha value is -1.96. The molecule has 22 heavy (non-hydrogen) atoms. The summed E-state index contributed by atoms with van der Waals surface area (Å²) < 4.78 is 33.5. The molecular formula is C14H20N2O5S. The van der Waals surface area contributed by atoms with Crippen LogP contribution < -0.4 is 14.8 Å². The molecule has 1 aromatic rings. The van der Waals surface area contributed by atoms with E-state index in [-0.39, 0.29) is 30.3 Å². The Balaban J connectivity index is 1.83. The predicted octanol–water partition coefficient (Wildman–Crippen LogP) is 0.860. The van der Waals surface area contributed by atoms with Gasteiger partial charge in [0.2, 0.25) is 0 Å². The zero-order valence-corrected chi connectivity index (χ0v) is 13.4. The van der Waals surface area contributed by atoms with Crippen molar-refractivity contribution >= 4 is 15.9 Å². The summed E-state index contributed by atoms with van der Waals surface area (Å²) in [5.74, 6) is 1.25. The molecule has 1 unspecified atom stereocenters. The fourth-order valence-corrected chi connectivity index (χ4v) is 4.06. The Kier molecular flexibility index (Phi) is 5.12. The molecule has 1 aromatic carbocycles. The van der Waals surface area contributed by atoms with E-state index in [0.717, 1.165) is 0 Å². The lowest BCUT2D eigenvalue weighted by Gasteiger charge is -2.23. The number of ether oxygens (including phenoxy) is 2. The minimum atomic E-state index is -3.02. The van der Waals surface area contributed by atoms with Crippen molar-refractivity contribution in [3.05, 3.63) is 24.3 Å². The fourth-order valence-electron chi connectivity index (χ4n) is 2.28. The van der Waals surface area contributed by atoms with E-state index in [1.807, 2.05) is 6.07 Å². The molecule has 2 amide bonds. The topological polar surface area (TPSA) is 84.9 Å². The molecule has 122 valence electrons. The molecular weight excluding hydrogens is 308 g/mol. The molecule has 1 atom stereocenters. The Morgan fingerprint density at radius 1 is 1.36 bits per heavy atom. The van der Waals surface area contributed by atoms with Crippen molar-refractivity contribution in [1.82, 2.24) is 10.2 Å². The molecule has 7 nitrogen and oxygen atoms in total. The Morgan fingerprint density at radius 3 is 2.64 bits per heavy atom. The van der Waals surface area contributed by atoms with E-state index in [0.29, 0.717) is 17.9 Å². The van der Waals surface area contributed by atoms with E-state index in [2.05, 4.69) is 5.32 Å². The highest BCUT2D eigenvalue weighted by Crippen LogP contribution is 2.25. The number of rotatable bonds is 5. The minimum absolute atomic E-state index is 0.0181. The first-order chi connectivity index (χ1) is 10.4. The standard InChI is InChI=1S/C14H20N2O5S/c1-16(11-7-8-22(18,19)9-11)14(17)15-10-21-13-6-4-3-5-12(13)20-2/h3-6,11H,7-10H2,1-2H3,(H,15,17).